The summed E-state index contributed by atoms with van der Waals surface area (Å²) in [6.07, 6.45) is 2.93. The molecule has 0 radical (unpaired) electrons. The number of nitrogens with one attached hydrogen (secondary N) is 1. The Bertz CT molecular complexity index is 527. The first-order valence-corrected chi connectivity index (χ1v) is 8.28. The number of nitrogens with two attached hydrogens (primary N) is 1. The van der Waals surface area contributed by atoms with E-state index in [0.29, 0.717) is 23.9 Å². The maximum absolute atomic E-state index is 12.2. The third kappa shape index (κ3) is 5.02. The Morgan fingerprint density at radius 1 is 1.30 bits per heavy atom. The Balaban J connectivity index is 2.67. The van der Waals surface area contributed by atoms with Gasteiger partial charge in [-0.3, -0.25) is 0 Å². The standard InChI is InChI=1S/C14H24N2O3S/c1-11(2)6-4-5-9-16-20(17,18)14-10-12(15)7-8-13(14)19-3/h7-8,10-11,16H,4-6,9,15H2,1-3H3. The summed E-state index contributed by atoms with van der Waals surface area (Å²) in [7, 11) is -2.14. The van der Waals surface area contributed by atoms with Gasteiger partial charge in [-0.2, -0.15) is 0 Å². The molecule has 1 aromatic rings. The Kier molecular flexibility index (Phi) is 6.29. The lowest BCUT2D eigenvalue weighted by molar-refractivity contribution is 0.402. The molecule has 0 bridgehead atoms. The largest absolute Gasteiger partial charge is 0.495 e. The minimum atomic E-state index is -3.58. The lowest BCUT2D eigenvalue weighted by Gasteiger charge is -2.11. The number of anilines is 1. The van der Waals surface area contributed by atoms with Gasteiger partial charge in [0.2, 0.25) is 10.0 Å². The minimum absolute atomic E-state index is 0.0869. The molecule has 0 amide bonds. The van der Waals surface area contributed by atoms with Crippen molar-refractivity contribution in [2.75, 3.05) is 19.4 Å². The van der Waals surface area contributed by atoms with Crippen LogP contribution in [0.4, 0.5) is 5.69 Å². The fourth-order valence-corrected chi connectivity index (χ4v) is 3.14. The SMILES string of the molecule is COc1ccc(N)cc1S(=O)(=O)NCCCCC(C)C. The van der Waals surface area contributed by atoms with E-state index < -0.39 is 10.0 Å². The van der Waals surface area contributed by atoms with Gasteiger partial charge in [-0.1, -0.05) is 26.7 Å². The predicted octanol–water partition coefficient (Wildman–Crippen LogP) is 2.38. The van der Waals surface area contributed by atoms with Gasteiger partial charge in [0, 0.05) is 12.2 Å². The summed E-state index contributed by atoms with van der Waals surface area (Å²) in [6.45, 7) is 4.73. The lowest BCUT2D eigenvalue weighted by Crippen LogP contribution is -2.25. The third-order valence-electron chi connectivity index (χ3n) is 2.98. The van der Waals surface area contributed by atoms with Gasteiger partial charge in [0.15, 0.2) is 0 Å². The Hall–Kier alpha value is -1.27. The summed E-state index contributed by atoms with van der Waals surface area (Å²) in [5, 5.41) is 0. The lowest BCUT2D eigenvalue weighted by atomic mass is 10.1. The Morgan fingerprint density at radius 2 is 2.00 bits per heavy atom. The first-order chi connectivity index (χ1) is 9.36. The molecule has 0 aliphatic heterocycles. The number of hydrogen-bond donors (Lipinski definition) is 2. The zero-order valence-corrected chi connectivity index (χ0v) is 13.2. The van der Waals surface area contributed by atoms with Gasteiger partial charge in [-0.15, -0.1) is 0 Å². The van der Waals surface area contributed by atoms with Crippen molar-refractivity contribution < 1.29 is 13.2 Å². The molecule has 20 heavy (non-hydrogen) atoms. The highest BCUT2D eigenvalue weighted by atomic mass is 32.2. The number of hydrogen-bond acceptors (Lipinski definition) is 4. The van der Waals surface area contributed by atoms with Gasteiger partial charge in [0.25, 0.3) is 0 Å². The van der Waals surface area contributed by atoms with Crippen LogP contribution in [0, 0.1) is 5.92 Å². The zero-order chi connectivity index (χ0) is 15.2. The Morgan fingerprint density at radius 3 is 2.60 bits per heavy atom. The maximum atomic E-state index is 12.2. The average Bonchev–Trinajstić information content (AvgIpc) is 2.37. The molecule has 0 aliphatic carbocycles. The molecule has 0 saturated heterocycles. The first kappa shape index (κ1) is 16.8. The number of methoxy groups -OCH3 is 1. The van der Waals surface area contributed by atoms with Crippen molar-refractivity contribution in [1.82, 2.24) is 4.72 Å². The topological polar surface area (TPSA) is 81.4 Å². The van der Waals surface area contributed by atoms with E-state index >= 15 is 0 Å². The van der Waals surface area contributed by atoms with E-state index in [0.717, 1.165) is 19.3 Å². The van der Waals surface area contributed by atoms with E-state index in [9.17, 15) is 8.42 Å². The van der Waals surface area contributed by atoms with Gasteiger partial charge >= 0.3 is 0 Å². The van der Waals surface area contributed by atoms with Crippen LogP contribution in [0.1, 0.15) is 33.1 Å². The summed E-state index contributed by atoms with van der Waals surface area (Å²) in [5.74, 6) is 0.939. The molecule has 0 heterocycles. The number of benzene rings is 1. The molecule has 5 nitrogen and oxygen atoms in total. The molecular weight excluding hydrogens is 276 g/mol. The van der Waals surface area contributed by atoms with Crippen LogP contribution < -0.4 is 15.2 Å². The van der Waals surface area contributed by atoms with E-state index in [1.54, 1.807) is 12.1 Å². The maximum Gasteiger partial charge on any atom is 0.244 e. The molecule has 1 rings (SSSR count). The van der Waals surface area contributed by atoms with Gasteiger partial charge < -0.3 is 10.5 Å². The molecule has 0 fully saturated rings. The van der Waals surface area contributed by atoms with E-state index in [-0.39, 0.29) is 4.90 Å². The second kappa shape index (κ2) is 7.50. The highest BCUT2D eigenvalue weighted by Gasteiger charge is 2.19. The van der Waals surface area contributed by atoms with Gasteiger partial charge in [0.1, 0.15) is 10.6 Å². The van der Waals surface area contributed by atoms with Crippen molar-refractivity contribution in [3.8, 4) is 5.75 Å². The van der Waals surface area contributed by atoms with Crippen molar-refractivity contribution in [3.05, 3.63) is 18.2 Å². The van der Waals surface area contributed by atoms with E-state index in [2.05, 4.69) is 18.6 Å². The van der Waals surface area contributed by atoms with Crippen LogP contribution >= 0.6 is 0 Å². The quantitative estimate of drug-likeness (QED) is 0.570. The molecule has 0 aromatic heterocycles. The van der Waals surface area contributed by atoms with Crippen LogP contribution in [0.25, 0.3) is 0 Å². The first-order valence-electron chi connectivity index (χ1n) is 6.80. The monoisotopic (exact) mass is 300 g/mol. The highest BCUT2D eigenvalue weighted by molar-refractivity contribution is 7.89. The van der Waals surface area contributed by atoms with Crippen LogP contribution in [0.2, 0.25) is 0 Å². The highest BCUT2D eigenvalue weighted by Crippen LogP contribution is 2.25. The smallest absolute Gasteiger partial charge is 0.244 e. The number of ether oxygens (including phenoxy) is 1. The molecule has 6 heteroatoms. The molecule has 3 N–H and O–H groups in total. The molecule has 0 spiro atoms. The van der Waals surface area contributed by atoms with Crippen molar-refractivity contribution in [1.29, 1.82) is 0 Å². The van der Waals surface area contributed by atoms with Gasteiger partial charge in [-0.05, 0) is 30.5 Å². The van der Waals surface area contributed by atoms with Crippen molar-refractivity contribution in [2.45, 2.75) is 38.0 Å². The van der Waals surface area contributed by atoms with Crippen molar-refractivity contribution in [2.24, 2.45) is 5.92 Å². The Labute approximate surface area is 121 Å². The normalized spacial score (nSPS) is 11.8. The van der Waals surface area contributed by atoms with Crippen LogP contribution in [0.5, 0.6) is 5.75 Å². The predicted molar refractivity (Wildman–Crippen MR) is 81.3 cm³/mol. The molecule has 0 atom stereocenters. The fraction of sp³-hybridized carbons (Fsp3) is 0.571. The van der Waals surface area contributed by atoms with E-state index in [1.165, 1.54) is 13.2 Å². The second-order valence-corrected chi connectivity index (χ2v) is 6.93. The average molecular weight is 300 g/mol. The molecule has 0 saturated carbocycles. The number of sulfonamides is 1. The summed E-state index contributed by atoms with van der Waals surface area (Å²) < 4.78 is 32.1. The zero-order valence-electron chi connectivity index (χ0n) is 12.3. The summed E-state index contributed by atoms with van der Waals surface area (Å²) in [6, 6.07) is 4.58. The number of rotatable bonds is 8. The molecule has 1 aromatic carbocycles. The molecular formula is C14H24N2O3S. The van der Waals surface area contributed by atoms with Crippen LogP contribution in [0.15, 0.2) is 23.1 Å². The summed E-state index contributed by atoms with van der Waals surface area (Å²) >= 11 is 0. The molecule has 114 valence electrons. The van der Waals surface area contributed by atoms with Gasteiger partial charge in [-0.25, -0.2) is 13.1 Å². The van der Waals surface area contributed by atoms with Crippen LogP contribution in [-0.2, 0) is 10.0 Å². The van der Waals surface area contributed by atoms with Gasteiger partial charge in [0.05, 0.1) is 7.11 Å². The van der Waals surface area contributed by atoms with Crippen LogP contribution in [-0.4, -0.2) is 22.1 Å². The van der Waals surface area contributed by atoms with Crippen molar-refractivity contribution >= 4 is 15.7 Å². The minimum Gasteiger partial charge on any atom is -0.495 e. The number of unbranched alkanes of at least 4 members (excludes halogenated alkanes) is 1. The van der Waals surface area contributed by atoms with Crippen molar-refractivity contribution in [3.63, 3.8) is 0 Å². The summed E-state index contributed by atoms with van der Waals surface area (Å²) in [5.41, 5.74) is 6.04. The molecule has 0 aliphatic rings. The second-order valence-electron chi connectivity index (χ2n) is 5.20. The fourth-order valence-electron chi connectivity index (χ4n) is 1.87. The van der Waals surface area contributed by atoms with Crippen LogP contribution in [0.3, 0.4) is 0 Å². The third-order valence-corrected chi connectivity index (χ3v) is 4.46. The molecule has 0 unspecified atom stereocenters. The van der Waals surface area contributed by atoms with E-state index in [4.69, 9.17) is 10.5 Å². The summed E-state index contributed by atoms with van der Waals surface area (Å²) in [4.78, 5) is 0.0869. The van der Waals surface area contributed by atoms with E-state index in [1.807, 2.05) is 0 Å². The number of nitrogen functional groups attached to an aromatic ring is 1.